The van der Waals surface area contributed by atoms with Crippen LogP contribution in [0.15, 0.2) is 65.2 Å². The summed E-state index contributed by atoms with van der Waals surface area (Å²) in [5, 5.41) is 9.00. The number of hydrogen-bond donors (Lipinski definition) is 2. The molecule has 0 saturated heterocycles. The van der Waals surface area contributed by atoms with Gasteiger partial charge in [-0.05, 0) is 36.8 Å². The summed E-state index contributed by atoms with van der Waals surface area (Å²) in [7, 11) is 0. The van der Waals surface area contributed by atoms with Crippen LogP contribution in [-0.2, 0) is 6.61 Å². The number of anilines is 2. The molecule has 0 fully saturated rings. The van der Waals surface area contributed by atoms with Crippen molar-refractivity contribution in [2.24, 2.45) is 0 Å². The number of aryl methyl sites for hydroxylation is 1. The smallest absolute Gasteiger partial charge is 0.324 e. The number of benzene rings is 2. The molecule has 0 radical (unpaired) electrons. The number of nitrogens with one attached hydrogen (secondary N) is 2. The van der Waals surface area contributed by atoms with Crippen molar-refractivity contribution in [2.45, 2.75) is 13.5 Å². The highest BCUT2D eigenvalue weighted by atomic mass is 16.5. The zero-order valence-electron chi connectivity index (χ0n) is 13.2. The molecule has 3 rings (SSSR count). The number of carbonyl (C=O) groups is 1. The van der Waals surface area contributed by atoms with Crippen molar-refractivity contribution >= 4 is 17.5 Å². The highest BCUT2D eigenvalue weighted by molar-refractivity contribution is 5.99. The van der Waals surface area contributed by atoms with Crippen LogP contribution in [0.2, 0.25) is 0 Å². The molecular formula is C18H17N3O3. The van der Waals surface area contributed by atoms with Gasteiger partial charge in [0, 0.05) is 11.8 Å². The fourth-order valence-electron chi connectivity index (χ4n) is 2.08. The lowest BCUT2D eigenvalue weighted by atomic mass is 10.2. The second-order valence-corrected chi connectivity index (χ2v) is 5.20. The van der Waals surface area contributed by atoms with Gasteiger partial charge in [0.1, 0.15) is 18.1 Å². The minimum absolute atomic E-state index is 0.368. The molecule has 0 aliphatic rings. The Kier molecular flexibility index (Phi) is 4.76. The molecule has 0 aliphatic carbocycles. The predicted octanol–water partition coefficient (Wildman–Crippen LogP) is 4.21. The van der Waals surface area contributed by atoms with Crippen LogP contribution in [0, 0.1) is 6.92 Å². The number of rotatable bonds is 5. The molecule has 6 heteroatoms. The third-order valence-corrected chi connectivity index (χ3v) is 3.23. The molecule has 2 N–H and O–H groups in total. The number of amides is 2. The van der Waals surface area contributed by atoms with Crippen LogP contribution >= 0.6 is 0 Å². The maximum atomic E-state index is 11.9. The Morgan fingerprint density at radius 3 is 2.50 bits per heavy atom. The van der Waals surface area contributed by atoms with Crippen LogP contribution < -0.4 is 15.4 Å². The SMILES string of the molecule is Cc1cc(NC(=O)Nc2ccc(OCc3ccccc3)cc2)no1. The molecule has 1 heterocycles. The van der Waals surface area contributed by atoms with Crippen molar-refractivity contribution in [3.05, 3.63) is 72.0 Å². The minimum Gasteiger partial charge on any atom is -0.489 e. The molecule has 122 valence electrons. The van der Waals surface area contributed by atoms with Crippen LogP contribution in [0.25, 0.3) is 0 Å². The van der Waals surface area contributed by atoms with Crippen LogP contribution in [0.3, 0.4) is 0 Å². The van der Waals surface area contributed by atoms with Gasteiger partial charge in [0.25, 0.3) is 0 Å². The van der Waals surface area contributed by atoms with Crippen molar-refractivity contribution in [2.75, 3.05) is 10.6 Å². The zero-order valence-corrected chi connectivity index (χ0v) is 13.2. The zero-order chi connectivity index (χ0) is 16.8. The Morgan fingerprint density at radius 2 is 1.83 bits per heavy atom. The second-order valence-electron chi connectivity index (χ2n) is 5.20. The van der Waals surface area contributed by atoms with Crippen molar-refractivity contribution in [1.29, 1.82) is 0 Å². The molecule has 0 bridgehead atoms. The summed E-state index contributed by atoms with van der Waals surface area (Å²) in [4.78, 5) is 11.9. The normalized spacial score (nSPS) is 10.2. The summed E-state index contributed by atoms with van der Waals surface area (Å²) in [6.45, 7) is 2.25. The first-order chi connectivity index (χ1) is 11.7. The molecule has 0 aliphatic heterocycles. The van der Waals surface area contributed by atoms with E-state index < -0.39 is 0 Å². The lowest BCUT2D eigenvalue weighted by Crippen LogP contribution is -2.19. The monoisotopic (exact) mass is 323 g/mol. The van der Waals surface area contributed by atoms with E-state index in [1.165, 1.54) is 0 Å². The van der Waals surface area contributed by atoms with Gasteiger partial charge in [0.15, 0.2) is 5.82 Å². The van der Waals surface area contributed by atoms with E-state index in [0.717, 1.165) is 11.3 Å². The van der Waals surface area contributed by atoms with Crippen LogP contribution in [0.1, 0.15) is 11.3 Å². The topological polar surface area (TPSA) is 76.4 Å². The van der Waals surface area contributed by atoms with Gasteiger partial charge in [-0.1, -0.05) is 35.5 Å². The number of aromatic nitrogens is 1. The Labute approximate surface area is 139 Å². The number of nitrogens with zero attached hydrogens (tertiary/aromatic N) is 1. The second kappa shape index (κ2) is 7.32. The molecule has 1 aromatic heterocycles. The molecule has 2 amide bonds. The molecule has 24 heavy (non-hydrogen) atoms. The number of hydrogen-bond acceptors (Lipinski definition) is 4. The van der Waals surface area contributed by atoms with Gasteiger partial charge in [0.05, 0.1) is 0 Å². The van der Waals surface area contributed by atoms with Gasteiger partial charge < -0.3 is 14.6 Å². The summed E-state index contributed by atoms with van der Waals surface area (Å²) in [6.07, 6.45) is 0. The molecule has 0 atom stereocenters. The Morgan fingerprint density at radius 1 is 1.08 bits per heavy atom. The van der Waals surface area contributed by atoms with E-state index in [4.69, 9.17) is 9.26 Å². The van der Waals surface area contributed by atoms with E-state index in [1.807, 2.05) is 30.3 Å². The lowest BCUT2D eigenvalue weighted by molar-refractivity contribution is 0.262. The maximum absolute atomic E-state index is 11.9. The van der Waals surface area contributed by atoms with Gasteiger partial charge >= 0.3 is 6.03 Å². The first-order valence-corrected chi connectivity index (χ1v) is 7.47. The van der Waals surface area contributed by atoms with Crippen molar-refractivity contribution in [3.8, 4) is 5.75 Å². The third kappa shape index (κ3) is 4.36. The largest absolute Gasteiger partial charge is 0.489 e. The van der Waals surface area contributed by atoms with E-state index in [9.17, 15) is 4.79 Å². The van der Waals surface area contributed by atoms with E-state index >= 15 is 0 Å². The van der Waals surface area contributed by atoms with Crippen molar-refractivity contribution in [3.63, 3.8) is 0 Å². The van der Waals surface area contributed by atoms with Gasteiger partial charge in [-0.3, -0.25) is 5.32 Å². The van der Waals surface area contributed by atoms with Crippen molar-refractivity contribution < 1.29 is 14.1 Å². The Bertz CT molecular complexity index is 798. The summed E-state index contributed by atoms with van der Waals surface area (Å²) >= 11 is 0. The van der Waals surface area contributed by atoms with Crippen LogP contribution in [-0.4, -0.2) is 11.2 Å². The standard InChI is InChI=1S/C18H17N3O3/c1-13-11-17(21-24-13)20-18(22)19-15-7-9-16(10-8-15)23-12-14-5-3-2-4-6-14/h2-11H,12H2,1H3,(H2,19,20,21,22). The summed E-state index contributed by atoms with van der Waals surface area (Å²) in [5.74, 6) is 1.73. The molecule has 0 saturated carbocycles. The average Bonchev–Trinajstić information content (AvgIpc) is 3.00. The van der Waals surface area contributed by atoms with Gasteiger partial charge in [0.2, 0.25) is 0 Å². The van der Waals surface area contributed by atoms with E-state index in [0.29, 0.717) is 23.9 Å². The van der Waals surface area contributed by atoms with Crippen LogP contribution in [0.4, 0.5) is 16.3 Å². The van der Waals surface area contributed by atoms with Gasteiger partial charge in [-0.25, -0.2) is 4.79 Å². The lowest BCUT2D eigenvalue weighted by Gasteiger charge is -2.08. The molecule has 0 spiro atoms. The number of urea groups is 1. The molecule has 0 unspecified atom stereocenters. The first-order valence-electron chi connectivity index (χ1n) is 7.47. The Hall–Kier alpha value is -3.28. The fraction of sp³-hybridized carbons (Fsp3) is 0.111. The average molecular weight is 323 g/mol. The van der Waals surface area contributed by atoms with Crippen LogP contribution in [0.5, 0.6) is 5.75 Å². The maximum Gasteiger partial charge on any atom is 0.324 e. The molecule has 2 aromatic carbocycles. The van der Waals surface area contributed by atoms with E-state index in [2.05, 4.69) is 15.8 Å². The van der Waals surface area contributed by atoms with E-state index in [-0.39, 0.29) is 6.03 Å². The summed E-state index contributed by atoms with van der Waals surface area (Å²) < 4.78 is 10.6. The highest BCUT2D eigenvalue weighted by Crippen LogP contribution is 2.17. The van der Waals surface area contributed by atoms with E-state index in [1.54, 1.807) is 37.3 Å². The van der Waals surface area contributed by atoms with Crippen molar-refractivity contribution in [1.82, 2.24) is 5.16 Å². The Balaban J connectivity index is 1.51. The quantitative estimate of drug-likeness (QED) is 0.737. The molecular weight excluding hydrogens is 306 g/mol. The fourth-order valence-corrected chi connectivity index (χ4v) is 2.08. The molecule has 3 aromatic rings. The number of ether oxygens (including phenoxy) is 1. The van der Waals surface area contributed by atoms with Gasteiger partial charge in [-0.15, -0.1) is 0 Å². The highest BCUT2D eigenvalue weighted by Gasteiger charge is 2.06. The minimum atomic E-state index is -0.388. The summed E-state index contributed by atoms with van der Waals surface area (Å²) in [5.41, 5.74) is 1.75. The number of carbonyl (C=O) groups excluding carboxylic acids is 1. The molecule has 6 nitrogen and oxygen atoms in total. The van der Waals surface area contributed by atoms with Gasteiger partial charge in [-0.2, -0.15) is 0 Å². The summed E-state index contributed by atoms with van der Waals surface area (Å²) in [6, 6.07) is 18.3. The predicted molar refractivity (Wildman–Crippen MR) is 91.1 cm³/mol. The first kappa shape index (κ1) is 15.6. The third-order valence-electron chi connectivity index (χ3n) is 3.23.